The third-order valence-corrected chi connectivity index (χ3v) is 5.07. The van der Waals surface area contributed by atoms with E-state index in [2.05, 4.69) is 15.6 Å². The summed E-state index contributed by atoms with van der Waals surface area (Å²) in [4.78, 5) is 41.7. The van der Waals surface area contributed by atoms with Crippen LogP contribution in [0.1, 0.15) is 23.0 Å². The summed E-state index contributed by atoms with van der Waals surface area (Å²) in [6.45, 7) is 1.90. The van der Waals surface area contributed by atoms with Gasteiger partial charge in [-0.25, -0.2) is 9.78 Å². The Morgan fingerprint density at radius 2 is 2.03 bits per heavy atom. The first-order valence-electron chi connectivity index (χ1n) is 9.99. The van der Waals surface area contributed by atoms with Crippen LogP contribution in [-0.2, 0) is 16.1 Å². The van der Waals surface area contributed by atoms with Gasteiger partial charge in [-0.2, -0.15) is 0 Å². The number of nitrogens with two attached hydrogens (primary N) is 1. The quantitative estimate of drug-likeness (QED) is 0.401. The highest BCUT2D eigenvalue weighted by atomic mass is 16.6. The molecule has 1 aromatic carbocycles. The molecule has 0 spiro atoms. The standard InChI is InChI=1S/C22H22N6O4/c1-2-32-22(31)27-11-16-19(17(30)12-27)20(26-15-6-4-3-5-7-15)21(28(16)23)14-8-9-24-18(10-14)25-13-29/h3-10,13,26H,2,11-12,23H2,1H3,(H,24,25,29). The molecule has 4 rings (SSSR count). The number of fused-ring (bicyclic) bond motifs is 1. The molecule has 1 aliphatic heterocycles. The first-order chi connectivity index (χ1) is 15.5. The molecule has 0 saturated carbocycles. The lowest BCUT2D eigenvalue weighted by Crippen LogP contribution is -2.41. The minimum Gasteiger partial charge on any atom is -0.450 e. The van der Waals surface area contributed by atoms with Crippen LogP contribution in [0, 0.1) is 0 Å². The van der Waals surface area contributed by atoms with Crippen LogP contribution >= 0.6 is 0 Å². The van der Waals surface area contributed by atoms with Gasteiger partial charge in [0.05, 0.1) is 42.3 Å². The third kappa shape index (κ3) is 3.85. The Labute approximate surface area is 184 Å². The van der Waals surface area contributed by atoms with E-state index in [9.17, 15) is 14.4 Å². The Kier molecular flexibility index (Phi) is 5.75. The van der Waals surface area contributed by atoms with Crippen molar-refractivity contribution >= 4 is 35.5 Å². The summed E-state index contributed by atoms with van der Waals surface area (Å²) < 4.78 is 6.46. The number of ether oxygens (including phenoxy) is 1. The van der Waals surface area contributed by atoms with E-state index >= 15 is 0 Å². The van der Waals surface area contributed by atoms with Crippen LogP contribution in [0.2, 0.25) is 0 Å². The average Bonchev–Trinajstić information content (AvgIpc) is 3.07. The summed E-state index contributed by atoms with van der Waals surface area (Å²) in [6.07, 6.45) is 1.49. The fraction of sp³-hybridized carbons (Fsp3) is 0.182. The molecular formula is C22H22N6O4. The number of para-hydroxylation sites is 1. The molecule has 4 N–H and O–H groups in total. The molecule has 0 aliphatic carbocycles. The van der Waals surface area contributed by atoms with Crippen LogP contribution in [0.5, 0.6) is 0 Å². The Bertz CT molecular complexity index is 1170. The minimum absolute atomic E-state index is 0.115. The summed E-state index contributed by atoms with van der Waals surface area (Å²) in [5.41, 5.74) is 3.33. The summed E-state index contributed by atoms with van der Waals surface area (Å²) in [5.74, 6) is 6.54. The van der Waals surface area contributed by atoms with Crippen molar-refractivity contribution < 1.29 is 19.1 Å². The van der Waals surface area contributed by atoms with Gasteiger partial charge in [0, 0.05) is 17.4 Å². The number of pyridine rings is 1. The van der Waals surface area contributed by atoms with E-state index < -0.39 is 6.09 Å². The lowest BCUT2D eigenvalue weighted by atomic mass is 10.0. The Hall–Kier alpha value is -4.34. The maximum atomic E-state index is 13.2. The zero-order valence-corrected chi connectivity index (χ0v) is 17.4. The zero-order valence-electron chi connectivity index (χ0n) is 17.4. The van der Waals surface area contributed by atoms with Crippen LogP contribution in [0.3, 0.4) is 0 Å². The molecule has 1 aliphatic rings. The molecule has 164 valence electrons. The number of Topliss-reactive ketones (excluding diaryl/α,β-unsaturated/α-hetero) is 1. The molecule has 10 nitrogen and oxygen atoms in total. The van der Waals surface area contributed by atoms with Crippen molar-refractivity contribution in [2.75, 3.05) is 29.6 Å². The second-order valence-corrected chi connectivity index (χ2v) is 7.08. The number of benzene rings is 1. The lowest BCUT2D eigenvalue weighted by molar-refractivity contribution is -0.105. The van der Waals surface area contributed by atoms with E-state index in [0.29, 0.717) is 40.4 Å². The monoisotopic (exact) mass is 434 g/mol. The SMILES string of the molecule is CCOC(=O)N1CC(=O)c2c(Nc3ccccc3)c(-c3ccnc(NC=O)c3)n(N)c2C1. The number of nitrogens with one attached hydrogen (secondary N) is 2. The van der Waals surface area contributed by atoms with E-state index in [1.807, 2.05) is 30.3 Å². The Morgan fingerprint density at radius 3 is 2.75 bits per heavy atom. The van der Waals surface area contributed by atoms with Crippen molar-refractivity contribution in [3.8, 4) is 11.3 Å². The molecule has 2 aromatic heterocycles. The van der Waals surface area contributed by atoms with E-state index in [1.165, 1.54) is 15.8 Å². The highest BCUT2D eigenvalue weighted by Gasteiger charge is 2.35. The fourth-order valence-electron chi connectivity index (χ4n) is 3.72. The molecule has 0 fully saturated rings. The predicted molar refractivity (Wildman–Crippen MR) is 119 cm³/mol. The number of aromatic nitrogens is 2. The van der Waals surface area contributed by atoms with Crippen LogP contribution in [0.4, 0.5) is 22.0 Å². The summed E-state index contributed by atoms with van der Waals surface area (Å²) in [7, 11) is 0. The second-order valence-electron chi connectivity index (χ2n) is 7.08. The average molecular weight is 434 g/mol. The van der Waals surface area contributed by atoms with Crippen LogP contribution in [-0.4, -0.2) is 46.0 Å². The van der Waals surface area contributed by atoms with E-state index in [0.717, 1.165) is 5.69 Å². The number of carbonyl (C=O) groups is 3. The number of hydrogen-bond acceptors (Lipinski definition) is 7. The molecule has 2 amide bonds. The smallest absolute Gasteiger partial charge is 0.410 e. The maximum absolute atomic E-state index is 13.2. The van der Waals surface area contributed by atoms with Gasteiger partial charge in [-0.3, -0.25) is 19.2 Å². The van der Waals surface area contributed by atoms with Gasteiger partial charge >= 0.3 is 6.09 Å². The topological polar surface area (TPSA) is 132 Å². The number of nitrogens with zero attached hydrogens (tertiary/aromatic N) is 3. The molecule has 0 saturated heterocycles. The molecule has 3 aromatic rings. The van der Waals surface area contributed by atoms with E-state index in [1.54, 1.807) is 19.1 Å². The molecule has 0 unspecified atom stereocenters. The minimum atomic E-state index is -0.576. The molecule has 10 heteroatoms. The van der Waals surface area contributed by atoms with Crippen LogP contribution < -0.4 is 16.5 Å². The van der Waals surface area contributed by atoms with Crippen molar-refractivity contribution in [3.63, 3.8) is 0 Å². The number of anilines is 3. The zero-order chi connectivity index (χ0) is 22.7. The van der Waals surface area contributed by atoms with Gasteiger partial charge in [0.15, 0.2) is 5.78 Å². The van der Waals surface area contributed by atoms with Gasteiger partial charge in [-0.05, 0) is 31.2 Å². The van der Waals surface area contributed by atoms with Gasteiger partial charge in [-0.15, -0.1) is 0 Å². The van der Waals surface area contributed by atoms with Crippen molar-refractivity contribution in [3.05, 3.63) is 59.9 Å². The Balaban J connectivity index is 1.87. The Morgan fingerprint density at radius 1 is 1.25 bits per heavy atom. The molecule has 0 radical (unpaired) electrons. The third-order valence-electron chi connectivity index (χ3n) is 5.07. The van der Waals surface area contributed by atoms with Crippen molar-refractivity contribution in [1.82, 2.24) is 14.6 Å². The van der Waals surface area contributed by atoms with Gasteiger partial charge < -0.3 is 21.2 Å². The molecule has 0 atom stereocenters. The summed E-state index contributed by atoms with van der Waals surface area (Å²) in [5, 5.41) is 5.82. The molecule has 32 heavy (non-hydrogen) atoms. The highest BCUT2D eigenvalue weighted by Crippen LogP contribution is 2.39. The van der Waals surface area contributed by atoms with Gasteiger partial charge in [0.1, 0.15) is 5.82 Å². The lowest BCUT2D eigenvalue weighted by Gasteiger charge is -2.26. The number of ketones is 1. The van der Waals surface area contributed by atoms with E-state index in [-0.39, 0.29) is 25.5 Å². The maximum Gasteiger partial charge on any atom is 0.410 e. The normalized spacial score (nSPS) is 12.8. The number of rotatable bonds is 6. The number of amides is 2. The molecule has 3 heterocycles. The largest absolute Gasteiger partial charge is 0.450 e. The molecular weight excluding hydrogens is 412 g/mol. The van der Waals surface area contributed by atoms with Crippen molar-refractivity contribution in [2.45, 2.75) is 13.5 Å². The first-order valence-corrected chi connectivity index (χ1v) is 9.99. The van der Waals surface area contributed by atoms with Crippen LogP contribution in [0.15, 0.2) is 48.7 Å². The fourth-order valence-corrected chi connectivity index (χ4v) is 3.72. The number of carbonyl (C=O) groups excluding carboxylic acids is 3. The van der Waals surface area contributed by atoms with Gasteiger partial charge in [-0.1, -0.05) is 18.2 Å². The molecule has 0 bridgehead atoms. The van der Waals surface area contributed by atoms with Crippen LogP contribution in [0.25, 0.3) is 11.3 Å². The van der Waals surface area contributed by atoms with Crippen molar-refractivity contribution in [2.24, 2.45) is 0 Å². The highest BCUT2D eigenvalue weighted by molar-refractivity contribution is 6.09. The first kappa shape index (κ1) is 20.9. The summed E-state index contributed by atoms with van der Waals surface area (Å²) in [6, 6.07) is 12.8. The van der Waals surface area contributed by atoms with E-state index in [4.69, 9.17) is 10.6 Å². The summed E-state index contributed by atoms with van der Waals surface area (Å²) >= 11 is 0. The van der Waals surface area contributed by atoms with Gasteiger partial charge in [0.2, 0.25) is 6.41 Å². The predicted octanol–water partition coefficient (Wildman–Crippen LogP) is 2.73. The van der Waals surface area contributed by atoms with Crippen molar-refractivity contribution in [1.29, 1.82) is 0 Å². The second kappa shape index (κ2) is 8.80. The number of nitrogen functional groups attached to an aromatic ring is 1. The number of hydrogen-bond donors (Lipinski definition) is 3. The van der Waals surface area contributed by atoms with Gasteiger partial charge in [0.25, 0.3) is 0 Å².